The van der Waals surface area contributed by atoms with E-state index in [4.69, 9.17) is 9.72 Å². The van der Waals surface area contributed by atoms with E-state index in [1.807, 2.05) is 39.0 Å². The molecule has 0 fully saturated rings. The Morgan fingerprint density at radius 2 is 2.00 bits per heavy atom. The van der Waals surface area contributed by atoms with Gasteiger partial charge in [0.1, 0.15) is 15.6 Å². The fourth-order valence-electron chi connectivity index (χ4n) is 3.94. The number of para-hydroxylation sites is 1. The Balaban J connectivity index is 1.61. The number of nitrogens with zero attached hydrogens (tertiary/aromatic N) is 2. The van der Waals surface area contributed by atoms with Crippen LogP contribution < -0.4 is 10.6 Å². The molecule has 2 aromatic heterocycles. The molecule has 0 spiro atoms. The first-order valence-corrected chi connectivity index (χ1v) is 13.8. The molecule has 35 heavy (non-hydrogen) atoms. The van der Waals surface area contributed by atoms with Gasteiger partial charge in [0.15, 0.2) is 0 Å². The molecule has 3 heterocycles. The molecule has 7 nitrogen and oxygen atoms in total. The highest BCUT2D eigenvalue weighted by Crippen LogP contribution is 2.45. The van der Waals surface area contributed by atoms with E-state index >= 15 is 0 Å². The van der Waals surface area contributed by atoms with Crippen LogP contribution >= 0.6 is 22.7 Å². The number of aromatic nitrogens is 1. The Labute approximate surface area is 214 Å². The van der Waals surface area contributed by atoms with Crippen molar-refractivity contribution in [3.05, 3.63) is 34.7 Å². The van der Waals surface area contributed by atoms with Crippen molar-refractivity contribution < 1.29 is 14.3 Å². The lowest BCUT2D eigenvalue weighted by Crippen LogP contribution is -2.39. The highest BCUT2D eigenvalue weighted by Gasteiger charge is 2.31. The zero-order valence-corrected chi connectivity index (χ0v) is 22.7. The van der Waals surface area contributed by atoms with Gasteiger partial charge in [-0.3, -0.25) is 4.79 Å². The number of carbonyl (C=O) groups is 2. The van der Waals surface area contributed by atoms with E-state index in [1.165, 1.54) is 5.56 Å². The predicted molar refractivity (Wildman–Crippen MR) is 144 cm³/mol. The molecule has 3 aromatic rings. The van der Waals surface area contributed by atoms with Gasteiger partial charge in [-0.1, -0.05) is 19.1 Å². The van der Waals surface area contributed by atoms with Crippen LogP contribution in [0.1, 0.15) is 57.9 Å². The van der Waals surface area contributed by atoms with Gasteiger partial charge >= 0.3 is 6.09 Å². The van der Waals surface area contributed by atoms with Crippen molar-refractivity contribution in [3.63, 3.8) is 0 Å². The average molecular weight is 515 g/mol. The quantitative estimate of drug-likeness (QED) is 0.402. The number of hydrogen-bond acceptors (Lipinski definition) is 7. The molecule has 0 radical (unpaired) electrons. The number of benzene rings is 1. The van der Waals surface area contributed by atoms with Crippen molar-refractivity contribution in [1.82, 2.24) is 15.2 Å². The van der Waals surface area contributed by atoms with Crippen LogP contribution in [0.3, 0.4) is 0 Å². The number of ether oxygens (including phenoxy) is 1. The normalized spacial score (nSPS) is 14.6. The second-order valence-corrected chi connectivity index (χ2v) is 12.0. The molecule has 1 atom stereocenters. The third kappa shape index (κ3) is 6.20. The molecular formula is C26H34N4O3S2. The summed E-state index contributed by atoms with van der Waals surface area (Å²) in [6.07, 6.45) is 1.81. The Hall–Kier alpha value is -2.49. The van der Waals surface area contributed by atoms with Gasteiger partial charge < -0.3 is 20.3 Å². The van der Waals surface area contributed by atoms with Gasteiger partial charge in [0.2, 0.25) is 5.91 Å². The molecule has 2 amide bonds. The van der Waals surface area contributed by atoms with Crippen molar-refractivity contribution in [2.75, 3.05) is 18.4 Å². The van der Waals surface area contributed by atoms with Crippen molar-refractivity contribution in [3.8, 4) is 10.6 Å². The first kappa shape index (κ1) is 25.6. The molecule has 1 aliphatic heterocycles. The van der Waals surface area contributed by atoms with E-state index in [0.29, 0.717) is 38.5 Å². The maximum absolute atomic E-state index is 12.8. The molecule has 0 bridgehead atoms. The summed E-state index contributed by atoms with van der Waals surface area (Å²) in [7, 11) is 0. The fraction of sp³-hybridized carbons (Fsp3) is 0.500. The Bertz CT molecular complexity index is 1180. The van der Waals surface area contributed by atoms with E-state index in [9.17, 15) is 9.59 Å². The van der Waals surface area contributed by atoms with E-state index in [-0.39, 0.29) is 12.0 Å². The van der Waals surface area contributed by atoms with Gasteiger partial charge in [-0.2, -0.15) is 0 Å². The largest absolute Gasteiger partial charge is 0.444 e. The highest BCUT2D eigenvalue weighted by atomic mass is 32.1. The average Bonchev–Trinajstić information content (AvgIpc) is 3.37. The molecule has 4 rings (SSSR count). The Kier molecular flexibility index (Phi) is 7.78. The fourth-order valence-corrected chi connectivity index (χ4v) is 6.33. The smallest absolute Gasteiger partial charge is 0.410 e. The summed E-state index contributed by atoms with van der Waals surface area (Å²) in [4.78, 5) is 33.2. The minimum atomic E-state index is -0.540. The SMILES string of the molecule is CCC(C)NCCC(=O)Nc1sc2c(c1-c1nc3ccccc3s1)CCN(C(=O)OC(C)(C)C)C2. The number of amides is 2. The van der Waals surface area contributed by atoms with Gasteiger partial charge in [-0.05, 0) is 58.2 Å². The molecule has 1 aromatic carbocycles. The molecule has 188 valence electrons. The lowest BCUT2D eigenvalue weighted by Gasteiger charge is -2.30. The third-order valence-electron chi connectivity index (χ3n) is 5.93. The number of nitrogens with one attached hydrogen (secondary N) is 2. The number of hydrogen-bond donors (Lipinski definition) is 2. The minimum absolute atomic E-state index is 0.0224. The summed E-state index contributed by atoms with van der Waals surface area (Å²) in [5.41, 5.74) is 2.58. The van der Waals surface area contributed by atoms with Crippen molar-refractivity contribution in [2.45, 2.75) is 72.1 Å². The second kappa shape index (κ2) is 10.6. The number of rotatable bonds is 7. The van der Waals surface area contributed by atoms with E-state index in [1.54, 1.807) is 27.6 Å². The van der Waals surface area contributed by atoms with Gasteiger partial charge in [-0.25, -0.2) is 9.78 Å². The summed E-state index contributed by atoms with van der Waals surface area (Å²) in [5.74, 6) is -0.0224. The third-order valence-corrected chi connectivity index (χ3v) is 8.11. The van der Waals surface area contributed by atoms with Crippen molar-refractivity contribution in [1.29, 1.82) is 0 Å². The molecular weight excluding hydrogens is 480 g/mol. The zero-order valence-electron chi connectivity index (χ0n) is 21.1. The molecule has 0 saturated carbocycles. The van der Waals surface area contributed by atoms with Crippen LogP contribution in [0.25, 0.3) is 20.8 Å². The maximum atomic E-state index is 12.8. The maximum Gasteiger partial charge on any atom is 0.410 e. The predicted octanol–water partition coefficient (Wildman–Crippen LogP) is 6.03. The van der Waals surface area contributed by atoms with E-state index in [0.717, 1.165) is 37.1 Å². The van der Waals surface area contributed by atoms with Gasteiger partial charge in [0.25, 0.3) is 0 Å². The summed E-state index contributed by atoms with van der Waals surface area (Å²) in [5, 5.41) is 8.25. The van der Waals surface area contributed by atoms with Crippen LogP contribution in [0.2, 0.25) is 0 Å². The van der Waals surface area contributed by atoms with Crippen LogP contribution in [0, 0.1) is 0 Å². The first-order valence-electron chi connectivity index (χ1n) is 12.2. The van der Waals surface area contributed by atoms with Crippen molar-refractivity contribution in [2.24, 2.45) is 0 Å². The monoisotopic (exact) mass is 514 g/mol. The standard InChI is InChI=1S/C26H34N4O3S2/c1-6-16(2)27-13-11-21(31)29-24-22(23-28-18-9-7-8-10-19(18)34-23)17-12-14-30(15-20(17)35-24)25(32)33-26(3,4)5/h7-10,16,27H,6,11-15H2,1-5H3,(H,29,31). The lowest BCUT2D eigenvalue weighted by atomic mass is 10.0. The van der Waals surface area contributed by atoms with Gasteiger partial charge in [0, 0.05) is 36.0 Å². The zero-order chi connectivity index (χ0) is 25.2. The van der Waals surface area contributed by atoms with E-state index < -0.39 is 5.60 Å². The number of carbonyl (C=O) groups excluding carboxylic acids is 2. The van der Waals surface area contributed by atoms with Crippen LogP contribution in [-0.2, 0) is 22.5 Å². The first-order chi connectivity index (χ1) is 16.6. The summed E-state index contributed by atoms with van der Waals surface area (Å²) < 4.78 is 6.71. The van der Waals surface area contributed by atoms with Crippen LogP contribution in [0.5, 0.6) is 0 Å². The summed E-state index contributed by atoms with van der Waals surface area (Å²) >= 11 is 3.18. The molecule has 0 saturated heterocycles. The molecule has 9 heteroatoms. The Morgan fingerprint density at radius 1 is 1.23 bits per heavy atom. The minimum Gasteiger partial charge on any atom is -0.444 e. The second-order valence-electron chi connectivity index (χ2n) is 9.91. The van der Waals surface area contributed by atoms with Crippen LogP contribution in [0.4, 0.5) is 9.80 Å². The lowest BCUT2D eigenvalue weighted by molar-refractivity contribution is -0.116. The summed E-state index contributed by atoms with van der Waals surface area (Å²) in [6.45, 7) is 11.5. The van der Waals surface area contributed by atoms with Gasteiger partial charge in [-0.15, -0.1) is 22.7 Å². The molecule has 0 aliphatic carbocycles. The molecule has 1 aliphatic rings. The number of thiazole rings is 1. The van der Waals surface area contributed by atoms with Crippen LogP contribution in [0.15, 0.2) is 24.3 Å². The number of thiophene rings is 1. The van der Waals surface area contributed by atoms with Gasteiger partial charge in [0.05, 0.1) is 16.8 Å². The number of anilines is 1. The molecule has 2 N–H and O–H groups in total. The summed E-state index contributed by atoms with van der Waals surface area (Å²) in [6, 6.07) is 8.46. The van der Waals surface area contributed by atoms with E-state index in [2.05, 4.69) is 30.5 Å². The Morgan fingerprint density at radius 3 is 2.71 bits per heavy atom. The van der Waals surface area contributed by atoms with Crippen molar-refractivity contribution >= 4 is 49.9 Å². The van der Waals surface area contributed by atoms with Crippen LogP contribution in [-0.4, -0.2) is 46.6 Å². The highest BCUT2D eigenvalue weighted by molar-refractivity contribution is 7.22. The topological polar surface area (TPSA) is 83.6 Å². The molecule has 1 unspecified atom stereocenters. The number of fused-ring (bicyclic) bond motifs is 2.